The summed E-state index contributed by atoms with van der Waals surface area (Å²) in [6, 6.07) is 14.3. The van der Waals surface area contributed by atoms with Gasteiger partial charge in [-0.3, -0.25) is 0 Å². The fourth-order valence-electron chi connectivity index (χ4n) is 3.59. The fourth-order valence-corrected chi connectivity index (χ4v) is 3.59. The second-order valence-electron chi connectivity index (χ2n) is 7.33. The van der Waals surface area contributed by atoms with Gasteiger partial charge in [0, 0.05) is 0 Å². The molecule has 1 unspecified atom stereocenters. The molecule has 1 aliphatic rings. The van der Waals surface area contributed by atoms with Gasteiger partial charge in [-0.15, -0.1) is 0 Å². The van der Waals surface area contributed by atoms with E-state index in [0.29, 0.717) is 0 Å². The number of nitrogens with one attached hydrogen (secondary N) is 1. The van der Waals surface area contributed by atoms with Crippen molar-refractivity contribution in [2.75, 3.05) is 6.61 Å². The summed E-state index contributed by atoms with van der Waals surface area (Å²) in [5.41, 5.74) is 4.45. The highest BCUT2D eigenvalue weighted by atomic mass is 16.5. The van der Waals surface area contributed by atoms with E-state index in [1.54, 1.807) is 0 Å². The summed E-state index contributed by atoms with van der Waals surface area (Å²) in [5, 5.41) is 11.8. The zero-order chi connectivity index (χ0) is 18.0. The molecule has 25 heavy (non-hydrogen) atoms. The molecule has 0 aromatic heterocycles. The van der Waals surface area contributed by atoms with E-state index in [9.17, 15) is 4.79 Å². The van der Waals surface area contributed by atoms with Crippen molar-refractivity contribution in [3.8, 4) is 16.9 Å². The first-order valence-corrected chi connectivity index (χ1v) is 8.76. The number of amides is 1. The summed E-state index contributed by atoms with van der Waals surface area (Å²) >= 11 is 0. The molecule has 0 spiro atoms. The Bertz CT molecular complexity index is 765. The molecule has 0 radical (unpaired) electrons. The van der Waals surface area contributed by atoms with Crippen LogP contribution in [0.3, 0.4) is 0 Å². The molecule has 0 fully saturated rings. The lowest BCUT2D eigenvalue weighted by Crippen LogP contribution is -2.34. The third-order valence-electron chi connectivity index (χ3n) is 4.81. The normalized spacial score (nSPS) is 17.8. The third kappa shape index (κ3) is 3.63. The maximum absolute atomic E-state index is 11.1. The van der Waals surface area contributed by atoms with Crippen LogP contribution in [0, 0.1) is 5.41 Å². The van der Waals surface area contributed by atoms with Gasteiger partial charge in [0.1, 0.15) is 5.75 Å². The van der Waals surface area contributed by atoms with Gasteiger partial charge >= 0.3 is 6.09 Å². The molecular weight excluding hydrogens is 314 g/mol. The number of hydrogen-bond acceptors (Lipinski definition) is 2. The number of carboxylic acid groups (broad SMARTS) is 1. The minimum atomic E-state index is -0.974. The molecule has 132 valence electrons. The summed E-state index contributed by atoms with van der Waals surface area (Å²) in [6.45, 7) is 7.03. The second kappa shape index (κ2) is 6.79. The monoisotopic (exact) mass is 339 g/mol. The Balaban J connectivity index is 1.86. The highest BCUT2D eigenvalue weighted by Crippen LogP contribution is 2.46. The maximum Gasteiger partial charge on any atom is 0.405 e. The van der Waals surface area contributed by atoms with Crippen molar-refractivity contribution in [3.05, 3.63) is 53.6 Å². The molecule has 4 nitrogen and oxygen atoms in total. The highest BCUT2D eigenvalue weighted by Gasteiger charge is 2.39. The van der Waals surface area contributed by atoms with Crippen molar-refractivity contribution < 1.29 is 14.6 Å². The lowest BCUT2D eigenvalue weighted by molar-refractivity contribution is 0.175. The number of ether oxygens (including phenoxy) is 1. The van der Waals surface area contributed by atoms with Crippen molar-refractivity contribution in [1.82, 2.24) is 5.32 Å². The number of rotatable bonds is 5. The Kier molecular flexibility index (Phi) is 4.71. The van der Waals surface area contributed by atoms with Crippen molar-refractivity contribution in [3.63, 3.8) is 0 Å². The molecule has 0 heterocycles. The van der Waals surface area contributed by atoms with Gasteiger partial charge in [-0.25, -0.2) is 4.79 Å². The zero-order valence-electron chi connectivity index (χ0n) is 15.0. The predicted molar refractivity (Wildman–Crippen MR) is 99.1 cm³/mol. The maximum atomic E-state index is 11.1. The molecule has 4 heteroatoms. The molecule has 0 saturated heterocycles. The quantitative estimate of drug-likeness (QED) is 0.803. The van der Waals surface area contributed by atoms with Gasteiger partial charge in [0.15, 0.2) is 0 Å². The lowest BCUT2D eigenvalue weighted by Gasteiger charge is -2.27. The first kappa shape index (κ1) is 17.3. The summed E-state index contributed by atoms with van der Waals surface area (Å²) in [6.07, 6.45) is 0.880. The average molecular weight is 339 g/mol. The predicted octanol–water partition coefficient (Wildman–Crippen LogP) is 5.03. The van der Waals surface area contributed by atoms with E-state index in [1.807, 2.05) is 12.1 Å². The molecule has 1 atom stereocenters. The van der Waals surface area contributed by atoms with Crippen LogP contribution in [0.4, 0.5) is 4.79 Å². The van der Waals surface area contributed by atoms with Crippen LogP contribution in [-0.4, -0.2) is 17.8 Å². The number of hydrogen-bond donors (Lipinski definition) is 2. The van der Waals surface area contributed by atoms with Crippen molar-refractivity contribution in [2.24, 2.45) is 5.41 Å². The Hall–Kier alpha value is -2.49. The second-order valence-corrected chi connectivity index (χ2v) is 7.33. The SMILES string of the molecule is CCCOc1ccc(-c2ccc3c(c2)CC(C)(C)C3NC(=O)O)cc1. The average Bonchev–Trinajstić information content (AvgIpc) is 2.82. The van der Waals surface area contributed by atoms with Crippen LogP contribution < -0.4 is 10.1 Å². The number of benzene rings is 2. The smallest absolute Gasteiger partial charge is 0.405 e. The summed E-state index contributed by atoms with van der Waals surface area (Å²) in [5.74, 6) is 0.888. The van der Waals surface area contributed by atoms with Crippen LogP contribution in [0.5, 0.6) is 5.75 Å². The van der Waals surface area contributed by atoms with Crippen molar-refractivity contribution in [1.29, 1.82) is 0 Å². The molecule has 1 aliphatic carbocycles. The van der Waals surface area contributed by atoms with Gasteiger partial charge in [-0.2, -0.15) is 0 Å². The van der Waals surface area contributed by atoms with E-state index in [0.717, 1.165) is 41.9 Å². The van der Waals surface area contributed by atoms with Gasteiger partial charge < -0.3 is 15.2 Å². The molecule has 0 saturated carbocycles. The Morgan fingerprint density at radius 2 is 1.88 bits per heavy atom. The van der Waals surface area contributed by atoms with Crippen LogP contribution in [0.1, 0.15) is 44.4 Å². The third-order valence-corrected chi connectivity index (χ3v) is 4.81. The van der Waals surface area contributed by atoms with E-state index < -0.39 is 6.09 Å². The Morgan fingerprint density at radius 1 is 1.20 bits per heavy atom. The molecule has 2 aromatic carbocycles. The minimum Gasteiger partial charge on any atom is -0.494 e. The molecular formula is C21H25NO3. The van der Waals surface area contributed by atoms with Crippen LogP contribution in [0.25, 0.3) is 11.1 Å². The van der Waals surface area contributed by atoms with Gasteiger partial charge in [-0.1, -0.05) is 51.1 Å². The summed E-state index contributed by atoms with van der Waals surface area (Å²) < 4.78 is 5.63. The Morgan fingerprint density at radius 3 is 2.52 bits per heavy atom. The van der Waals surface area contributed by atoms with Gasteiger partial charge in [0.25, 0.3) is 0 Å². The molecule has 0 bridgehead atoms. The largest absolute Gasteiger partial charge is 0.494 e. The first-order valence-electron chi connectivity index (χ1n) is 8.76. The van der Waals surface area contributed by atoms with Crippen LogP contribution in [0.15, 0.2) is 42.5 Å². The van der Waals surface area contributed by atoms with Gasteiger partial charge in [0.05, 0.1) is 12.6 Å². The molecule has 0 aliphatic heterocycles. The molecule has 2 aromatic rings. The zero-order valence-corrected chi connectivity index (χ0v) is 15.0. The van der Waals surface area contributed by atoms with Crippen LogP contribution in [-0.2, 0) is 6.42 Å². The topological polar surface area (TPSA) is 58.6 Å². The van der Waals surface area contributed by atoms with Crippen molar-refractivity contribution >= 4 is 6.09 Å². The molecule has 1 amide bonds. The van der Waals surface area contributed by atoms with E-state index in [4.69, 9.17) is 9.84 Å². The molecule has 3 rings (SSSR count). The summed E-state index contributed by atoms with van der Waals surface area (Å²) in [7, 11) is 0. The lowest BCUT2D eigenvalue weighted by atomic mass is 9.85. The Labute approximate surface area is 148 Å². The van der Waals surface area contributed by atoms with E-state index in [2.05, 4.69) is 56.4 Å². The molecule has 2 N–H and O–H groups in total. The van der Waals surface area contributed by atoms with Crippen LogP contribution in [0.2, 0.25) is 0 Å². The van der Waals surface area contributed by atoms with Crippen molar-refractivity contribution in [2.45, 2.75) is 39.7 Å². The van der Waals surface area contributed by atoms with E-state index in [1.165, 1.54) is 5.56 Å². The number of carbonyl (C=O) groups is 1. The highest BCUT2D eigenvalue weighted by molar-refractivity contribution is 5.68. The van der Waals surface area contributed by atoms with E-state index >= 15 is 0 Å². The minimum absolute atomic E-state index is 0.128. The summed E-state index contributed by atoms with van der Waals surface area (Å²) in [4.78, 5) is 11.1. The van der Waals surface area contributed by atoms with E-state index in [-0.39, 0.29) is 11.5 Å². The first-order chi connectivity index (χ1) is 11.9. The standard InChI is InChI=1S/C21H25NO3/c1-4-11-25-17-8-5-14(6-9-17)15-7-10-18-16(12-15)13-21(2,3)19(18)22-20(23)24/h5-10,12,19,22H,4,11,13H2,1-3H3,(H,23,24). The number of fused-ring (bicyclic) bond motifs is 1. The van der Waals surface area contributed by atoms with Gasteiger partial charge in [-0.05, 0) is 52.6 Å². The van der Waals surface area contributed by atoms with Gasteiger partial charge in [0.2, 0.25) is 0 Å². The fraction of sp³-hybridized carbons (Fsp3) is 0.381. The van der Waals surface area contributed by atoms with Crippen LogP contribution >= 0.6 is 0 Å².